The van der Waals surface area contributed by atoms with Gasteiger partial charge in [0.05, 0.1) is 5.92 Å². The van der Waals surface area contributed by atoms with Crippen LogP contribution >= 0.6 is 0 Å². The molecule has 110 valence electrons. The van der Waals surface area contributed by atoms with Crippen molar-refractivity contribution in [2.75, 3.05) is 0 Å². The number of carbonyl (C=O) groups is 2. The van der Waals surface area contributed by atoms with E-state index in [-0.39, 0.29) is 11.5 Å². The van der Waals surface area contributed by atoms with Gasteiger partial charge in [-0.3, -0.25) is 4.79 Å². The molecule has 1 atom stereocenters. The van der Waals surface area contributed by atoms with Gasteiger partial charge >= 0.3 is 11.9 Å². The standard InChI is InChI=1S/C15H26O4/c1-7-8-11(14(18)19-15(4,5)6)12(13(16)17)9-10(2)3/h9-11H,7-8H2,1-6H3,(H,16,17)/b12-9+/t11-/m0/s1. The van der Waals surface area contributed by atoms with Gasteiger partial charge in [0.25, 0.3) is 0 Å². The molecule has 0 unspecified atom stereocenters. The minimum Gasteiger partial charge on any atom is -0.478 e. The van der Waals surface area contributed by atoms with Gasteiger partial charge in [-0.25, -0.2) is 4.79 Å². The zero-order valence-electron chi connectivity index (χ0n) is 12.8. The molecule has 0 saturated heterocycles. The highest BCUT2D eigenvalue weighted by Gasteiger charge is 2.31. The van der Waals surface area contributed by atoms with E-state index in [0.717, 1.165) is 6.42 Å². The Morgan fingerprint density at radius 2 is 1.79 bits per heavy atom. The molecule has 0 aromatic rings. The summed E-state index contributed by atoms with van der Waals surface area (Å²) in [6, 6.07) is 0. The number of hydrogen-bond acceptors (Lipinski definition) is 3. The predicted molar refractivity (Wildman–Crippen MR) is 74.8 cm³/mol. The molecule has 4 heteroatoms. The zero-order valence-corrected chi connectivity index (χ0v) is 12.8. The van der Waals surface area contributed by atoms with Gasteiger partial charge in [-0.1, -0.05) is 33.3 Å². The summed E-state index contributed by atoms with van der Waals surface area (Å²) in [6.45, 7) is 11.0. The molecule has 0 radical (unpaired) electrons. The van der Waals surface area contributed by atoms with Crippen molar-refractivity contribution in [1.29, 1.82) is 0 Å². The topological polar surface area (TPSA) is 63.6 Å². The quantitative estimate of drug-likeness (QED) is 0.593. The second-order valence-electron chi connectivity index (χ2n) is 6.05. The Bertz CT molecular complexity index is 348. The molecule has 0 aliphatic heterocycles. The van der Waals surface area contributed by atoms with E-state index in [1.165, 1.54) is 0 Å². The van der Waals surface area contributed by atoms with Crippen LogP contribution in [0.15, 0.2) is 11.6 Å². The predicted octanol–water partition coefficient (Wildman–Crippen LogP) is 3.41. The van der Waals surface area contributed by atoms with Gasteiger partial charge in [0.15, 0.2) is 0 Å². The van der Waals surface area contributed by atoms with Crippen LogP contribution in [0, 0.1) is 11.8 Å². The molecular formula is C15H26O4. The molecule has 0 aliphatic rings. The SMILES string of the molecule is CCC[C@H](C(=O)OC(C)(C)C)/C(=C\C(C)C)C(=O)O. The number of esters is 1. The van der Waals surface area contributed by atoms with E-state index in [9.17, 15) is 14.7 Å². The van der Waals surface area contributed by atoms with Gasteiger partial charge in [-0.2, -0.15) is 0 Å². The number of carboxylic acids is 1. The van der Waals surface area contributed by atoms with Crippen LogP contribution in [-0.4, -0.2) is 22.6 Å². The monoisotopic (exact) mass is 270 g/mol. The molecule has 0 bridgehead atoms. The number of carbonyl (C=O) groups excluding carboxylic acids is 1. The lowest BCUT2D eigenvalue weighted by Crippen LogP contribution is -2.31. The van der Waals surface area contributed by atoms with Gasteiger partial charge in [-0.05, 0) is 33.1 Å². The summed E-state index contributed by atoms with van der Waals surface area (Å²) in [7, 11) is 0. The van der Waals surface area contributed by atoms with Crippen LogP contribution in [0.1, 0.15) is 54.4 Å². The lowest BCUT2D eigenvalue weighted by molar-refractivity contribution is -0.160. The normalized spacial score (nSPS) is 14.4. The summed E-state index contributed by atoms with van der Waals surface area (Å²) in [6.07, 6.45) is 2.85. The molecule has 0 heterocycles. The number of rotatable bonds is 6. The lowest BCUT2D eigenvalue weighted by Gasteiger charge is -2.24. The lowest BCUT2D eigenvalue weighted by atomic mass is 9.91. The summed E-state index contributed by atoms with van der Waals surface area (Å²) in [4.78, 5) is 23.5. The smallest absolute Gasteiger partial charge is 0.332 e. The fraction of sp³-hybridized carbons (Fsp3) is 0.733. The van der Waals surface area contributed by atoms with Crippen molar-refractivity contribution in [3.8, 4) is 0 Å². The Labute approximate surface area is 115 Å². The second-order valence-corrected chi connectivity index (χ2v) is 6.05. The first-order valence-electron chi connectivity index (χ1n) is 6.76. The Balaban J connectivity index is 5.26. The molecule has 1 N–H and O–H groups in total. The maximum atomic E-state index is 12.1. The third-order valence-corrected chi connectivity index (χ3v) is 2.40. The largest absolute Gasteiger partial charge is 0.478 e. The molecular weight excluding hydrogens is 244 g/mol. The molecule has 0 saturated carbocycles. The summed E-state index contributed by atoms with van der Waals surface area (Å²) in [5.41, 5.74) is -0.462. The van der Waals surface area contributed by atoms with Gasteiger partial charge in [0.2, 0.25) is 0 Å². The summed E-state index contributed by atoms with van der Waals surface area (Å²) in [5.74, 6) is -2.11. The highest BCUT2D eigenvalue weighted by molar-refractivity contribution is 5.94. The van der Waals surface area contributed by atoms with Crippen molar-refractivity contribution in [2.45, 2.75) is 60.0 Å². The third kappa shape index (κ3) is 6.99. The average molecular weight is 270 g/mol. The average Bonchev–Trinajstić information content (AvgIpc) is 2.19. The molecule has 0 aromatic heterocycles. The fourth-order valence-electron chi connectivity index (χ4n) is 1.76. The first-order chi connectivity index (χ1) is 8.58. The van der Waals surface area contributed by atoms with E-state index < -0.39 is 23.5 Å². The van der Waals surface area contributed by atoms with Crippen LogP contribution in [0.3, 0.4) is 0 Å². The summed E-state index contributed by atoms with van der Waals surface area (Å²) in [5, 5.41) is 9.29. The van der Waals surface area contributed by atoms with Crippen LogP contribution < -0.4 is 0 Å². The maximum absolute atomic E-state index is 12.1. The second kappa shape index (κ2) is 7.31. The molecule has 0 spiro atoms. The number of aliphatic carboxylic acids is 1. The van der Waals surface area contributed by atoms with Gasteiger partial charge in [0.1, 0.15) is 5.60 Å². The summed E-state index contributed by atoms with van der Waals surface area (Å²) < 4.78 is 5.32. The van der Waals surface area contributed by atoms with E-state index in [4.69, 9.17) is 4.74 Å². The van der Waals surface area contributed by atoms with Crippen LogP contribution in [0.2, 0.25) is 0 Å². The van der Waals surface area contributed by atoms with Crippen LogP contribution in [0.25, 0.3) is 0 Å². The van der Waals surface area contributed by atoms with Crippen molar-refractivity contribution < 1.29 is 19.4 Å². The number of ether oxygens (including phenoxy) is 1. The molecule has 0 aromatic carbocycles. The van der Waals surface area contributed by atoms with Crippen LogP contribution in [-0.2, 0) is 14.3 Å². The van der Waals surface area contributed by atoms with Crippen molar-refractivity contribution in [3.05, 3.63) is 11.6 Å². The Morgan fingerprint density at radius 3 is 2.11 bits per heavy atom. The molecule has 4 nitrogen and oxygen atoms in total. The van der Waals surface area contributed by atoms with Gasteiger partial charge in [0, 0.05) is 5.57 Å². The highest BCUT2D eigenvalue weighted by Crippen LogP contribution is 2.23. The maximum Gasteiger partial charge on any atom is 0.332 e. The van der Waals surface area contributed by atoms with Crippen LogP contribution in [0.5, 0.6) is 0 Å². The van der Waals surface area contributed by atoms with Gasteiger partial charge in [-0.15, -0.1) is 0 Å². The van der Waals surface area contributed by atoms with Crippen molar-refractivity contribution >= 4 is 11.9 Å². The zero-order chi connectivity index (χ0) is 15.2. The third-order valence-electron chi connectivity index (χ3n) is 2.40. The van der Waals surface area contributed by atoms with Crippen molar-refractivity contribution in [3.63, 3.8) is 0 Å². The minimum atomic E-state index is -1.04. The number of hydrogen-bond donors (Lipinski definition) is 1. The molecule has 0 aliphatic carbocycles. The van der Waals surface area contributed by atoms with E-state index in [1.54, 1.807) is 26.8 Å². The van der Waals surface area contributed by atoms with E-state index >= 15 is 0 Å². The molecule has 0 amide bonds. The summed E-state index contributed by atoms with van der Waals surface area (Å²) >= 11 is 0. The molecule has 19 heavy (non-hydrogen) atoms. The Morgan fingerprint density at radius 1 is 1.26 bits per heavy atom. The Hall–Kier alpha value is -1.32. The molecule has 0 fully saturated rings. The minimum absolute atomic E-state index is 0.0768. The fourth-order valence-corrected chi connectivity index (χ4v) is 1.76. The van der Waals surface area contributed by atoms with Crippen molar-refractivity contribution in [1.82, 2.24) is 0 Å². The van der Waals surface area contributed by atoms with Crippen LogP contribution in [0.4, 0.5) is 0 Å². The first kappa shape index (κ1) is 17.7. The number of allylic oxidation sites excluding steroid dienone is 1. The first-order valence-corrected chi connectivity index (χ1v) is 6.76. The van der Waals surface area contributed by atoms with E-state index in [1.807, 2.05) is 20.8 Å². The highest BCUT2D eigenvalue weighted by atomic mass is 16.6. The van der Waals surface area contributed by atoms with Gasteiger partial charge < -0.3 is 9.84 Å². The molecule has 0 rings (SSSR count). The van der Waals surface area contributed by atoms with E-state index in [2.05, 4.69) is 0 Å². The van der Waals surface area contributed by atoms with Crippen molar-refractivity contribution in [2.24, 2.45) is 11.8 Å². The number of carboxylic acid groups (broad SMARTS) is 1. The Kier molecular flexibility index (Phi) is 6.81. The van der Waals surface area contributed by atoms with E-state index in [0.29, 0.717) is 6.42 Å².